The van der Waals surface area contributed by atoms with Crippen molar-refractivity contribution < 1.29 is 9.59 Å². The highest BCUT2D eigenvalue weighted by molar-refractivity contribution is 8.14. The third-order valence-corrected chi connectivity index (χ3v) is 4.86. The lowest BCUT2D eigenvalue weighted by Crippen LogP contribution is -2.47. The number of thioether (sulfide) groups is 1. The Morgan fingerprint density at radius 2 is 1.94 bits per heavy atom. The van der Waals surface area contributed by atoms with E-state index in [9.17, 15) is 9.59 Å². The van der Waals surface area contributed by atoms with Crippen LogP contribution in [0.25, 0.3) is 0 Å². The topological polar surface area (TPSA) is 49.7 Å². The van der Waals surface area contributed by atoms with Crippen LogP contribution in [0.15, 0.2) is 4.99 Å². The first-order valence-electron chi connectivity index (χ1n) is 6.34. The van der Waals surface area contributed by atoms with Gasteiger partial charge in [0, 0.05) is 12.3 Å². The highest BCUT2D eigenvalue weighted by Gasteiger charge is 2.44. The fraction of sp³-hybridized carbons (Fsp3) is 0.750. The van der Waals surface area contributed by atoms with Crippen LogP contribution >= 0.6 is 11.8 Å². The molecule has 2 heterocycles. The van der Waals surface area contributed by atoms with Crippen LogP contribution in [-0.2, 0) is 9.59 Å². The van der Waals surface area contributed by atoms with Gasteiger partial charge in [0.05, 0.1) is 0 Å². The van der Waals surface area contributed by atoms with Gasteiger partial charge in [0.2, 0.25) is 5.91 Å². The molecule has 2 amide bonds. The molecule has 1 saturated carbocycles. The molecule has 4 nitrogen and oxygen atoms in total. The second-order valence-electron chi connectivity index (χ2n) is 4.95. The van der Waals surface area contributed by atoms with Gasteiger partial charge >= 0.3 is 0 Å². The quantitative estimate of drug-likeness (QED) is 0.667. The van der Waals surface area contributed by atoms with Crippen molar-refractivity contribution in [1.29, 1.82) is 0 Å². The van der Waals surface area contributed by atoms with E-state index in [1.54, 1.807) is 4.90 Å². The first kappa shape index (κ1) is 11.3. The monoisotopic (exact) mass is 252 g/mol. The Balaban J connectivity index is 1.85. The molecule has 0 aromatic rings. The van der Waals surface area contributed by atoms with Gasteiger partial charge in [-0.05, 0) is 18.8 Å². The molecule has 17 heavy (non-hydrogen) atoms. The van der Waals surface area contributed by atoms with Crippen LogP contribution in [0, 0.1) is 11.8 Å². The first-order valence-corrected chi connectivity index (χ1v) is 7.32. The largest absolute Gasteiger partial charge is 0.290 e. The molecule has 0 aromatic carbocycles. The Bertz CT molecular complexity index is 388. The highest BCUT2D eigenvalue weighted by atomic mass is 32.2. The summed E-state index contributed by atoms with van der Waals surface area (Å²) >= 11 is 1.52. The smallest absolute Gasteiger partial charge is 0.260 e. The summed E-state index contributed by atoms with van der Waals surface area (Å²) in [6.45, 7) is 0.721. The molecule has 0 N–H and O–H groups in total. The van der Waals surface area contributed by atoms with Crippen molar-refractivity contribution in [1.82, 2.24) is 4.90 Å². The van der Waals surface area contributed by atoms with Crippen molar-refractivity contribution in [2.24, 2.45) is 16.8 Å². The van der Waals surface area contributed by atoms with Crippen LogP contribution in [0.3, 0.4) is 0 Å². The van der Waals surface area contributed by atoms with Gasteiger partial charge in [0.25, 0.3) is 5.91 Å². The molecule has 0 aromatic heterocycles. The molecular formula is C12H16N2O2S. The van der Waals surface area contributed by atoms with E-state index >= 15 is 0 Å². The predicted octanol–water partition coefficient (Wildman–Crippen LogP) is 1.65. The van der Waals surface area contributed by atoms with Crippen LogP contribution in [0.5, 0.6) is 0 Å². The molecular weight excluding hydrogens is 236 g/mol. The number of nitrogens with zero attached hydrogens (tertiary/aromatic N) is 2. The zero-order valence-electron chi connectivity index (χ0n) is 9.72. The average Bonchev–Trinajstić information content (AvgIpc) is 2.78. The molecule has 2 fully saturated rings. The summed E-state index contributed by atoms with van der Waals surface area (Å²) in [5.74, 6) is 0.451. The van der Waals surface area contributed by atoms with Crippen molar-refractivity contribution in [3.05, 3.63) is 0 Å². The van der Waals surface area contributed by atoms with Crippen LogP contribution in [0.2, 0.25) is 0 Å². The van der Waals surface area contributed by atoms with Gasteiger partial charge in [-0.3, -0.25) is 14.5 Å². The number of hydrogen-bond donors (Lipinski definition) is 0. The van der Waals surface area contributed by atoms with E-state index in [0.29, 0.717) is 5.17 Å². The Hall–Kier alpha value is -0.840. The van der Waals surface area contributed by atoms with Gasteiger partial charge in [0.15, 0.2) is 5.17 Å². The SMILES string of the molecule is O=C1N=C2SCCN2C(=O)C1C1CCCCC1. The van der Waals surface area contributed by atoms with Crippen LogP contribution in [0.4, 0.5) is 0 Å². The van der Waals surface area contributed by atoms with Crippen molar-refractivity contribution in [3.63, 3.8) is 0 Å². The lowest BCUT2D eigenvalue weighted by atomic mass is 9.78. The van der Waals surface area contributed by atoms with E-state index in [-0.39, 0.29) is 17.7 Å². The highest BCUT2D eigenvalue weighted by Crippen LogP contribution is 2.35. The Morgan fingerprint density at radius 3 is 2.71 bits per heavy atom. The molecule has 0 radical (unpaired) electrons. The number of amides is 2. The minimum Gasteiger partial charge on any atom is -0.290 e. The summed E-state index contributed by atoms with van der Waals surface area (Å²) in [5.41, 5.74) is 0. The number of rotatable bonds is 1. The molecule has 3 rings (SSSR count). The molecule has 0 bridgehead atoms. The van der Waals surface area contributed by atoms with E-state index in [2.05, 4.69) is 4.99 Å². The minimum atomic E-state index is -0.474. The average molecular weight is 252 g/mol. The van der Waals surface area contributed by atoms with Crippen LogP contribution < -0.4 is 0 Å². The number of amidine groups is 1. The maximum Gasteiger partial charge on any atom is 0.260 e. The van der Waals surface area contributed by atoms with Gasteiger partial charge in [-0.15, -0.1) is 0 Å². The molecule has 1 aliphatic carbocycles. The summed E-state index contributed by atoms with van der Waals surface area (Å²) in [6.07, 6.45) is 5.54. The third kappa shape index (κ3) is 1.90. The predicted molar refractivity (Wildman–Crippen MR) is 66.7 cm³/mol. The standard InChI is InChI=1S/C12H16N2O2S/c15-10-9(8-4-2-1-3-5-8)11(16)14-6-7-17-12(14)13-10/h8-9H,1-7H2. The zero-order chi connectivity index (χ0) is 11.8. The van der Waals surface area contributed by atoms with Crippen molar-refractivity contribution in [2.45, 2.75) is 32.1 Å². The summed E-state index contributed by atoms with van der Waals surface area (Å²) in [4.78, 5) is 30.1. The van der Waals surface area contributed by atoms with Gasteiger partial charge in [-0.2, -0.15) is 4.99 Å². The van der Waals surface area contributed by atoms with Crippen LogP contribution in [-0.4, -0.2) is 34.2 Å². The van der Waals surface area contributed by atoms with E-state index in [1.807, 2.05) is 0 Å². The van der Waals surface area contributed by atoms with E-state index in [4.69, 9.17) is 0 Å². The van der Waals surface area contributed by atoms with Crippen molar-refractivity contribution in [3.8, 4) is 0 Å². The Labute approximate surface area is 105 Å². The minimum absolute atomic E-state index is 0.0110. The first-order chi connectivity index (χ1) is 8.27. The number of hydrogen-bond acceptors (Lipinski definition) is 3. The van der Waals surface area contributed by atoms with Gasteiger partial charge in [-0.1, -0.05) is 31.0 Å². The summed E-state index contributed by atoms with van der Waals surface area (Å²) < 4.78 is 0. The molecule has 0 spiro atoms. The Kier molecular flexibility index (Phi) is 2.94. The van der Waals surface area contributed by atoms with Crippen LogP contribution in [0.1, 0.15) is 32.1 Å². The van der Waals surface area contributed by atoms with E-state index < -0.39 is 5.92 Å². The number of aliphatic imine (C=N–C) groups is 1. The lowest BCUT2D eigenvalue weighted by Gasteiger charge is -2.32. The van der Waals surface area contributed by atoms with Crippen molar-refractivity contribution >= 4 is 28.7 Å². The molecule has 2 aliphatic heterocycles. The van der Waals surface area contributed by atoms with Gasteiger partial charge < -0.3 is 0 Å². The molecule has 1 unspecified atom stereocenters. The molecule has 5 heteroatoms. The van der Waals surface area contributed by atoms with E-state index in [0.717, 1.165) is 38.0 Å². The maximum absolute atomic E-state index is 12.3. The maximum atomic E-state index is 12.3. The second-order valence-corrected chi connectivity index (χ2v) is 6.01. The third-order valence-electron chi connectivity index (χ3n) is 3.90. The normalized spacial score (nSPS) is 30.5. The molecule has 1 saturated heterocycles. The zero-order valence-corrected chi connectivity index (χ0v) is 10.5. The Morgan fingerprint density at radius 1 is 1.18 bits per heavy atom. The summed E-state index contributed by atoms with van der Waals surface area (Å²) in [7, 11) is 0. The molecule has 1 atom stereocenters. The fourth-order valence-electron chi connectivity index (χ4n) is 3.01. The number of fused-ring (bicyclic) bond motifs is 1. The lowest BCUT2D eigenvalue weighted by molar-refractivity contribution is -0.141. The number of carbonyl (C=O) groups excluding carboxylic acids is 2. The van der Waals surface area contributed by atoms with Gasteiger partial charge in [-0.25, -0.2) is 0 Å². The fourth-order valence-corrected chi connectivity index (χ4v) is 3.96. The summed E-state index contributed by atoms with van der Waals surface area (Å²) in [5, 5.41) is 0.632. The van der Waals surface area contributed by atoms with E-state index in [1.165, 1.54) is 18.2 Å². The second kappa shape index (κ2) is 4.44. The number of carbonyl (C=O) groups is 2. The molecule has 92 valence electrons. The van der Waals surface area contributed by atoms with Crippen molar-refractivity contribution in [2.75, 3.05) is 12.3 Å². The molecule has 3 aliphatic rings. The van der Waals surface area contributed by atoms with Gasteiger partial charge in [0.1, 0.15) is 5.92 Å². The summed E-state index contributed by atoms with van der Waals surface area (Å²) in [6, 6.07) is 0.